The Labute approximate surface area is 170 Å². The van der Waals surface area contributed by atoms with Gasteiger partial charge in [0.25, 0.3) is 0 Å². The molecule has 146 valence electrons. The van der Waals surface area contributed by atoms with Gasteiger partial charge in [-0.15, -0.1) is 0 Å². The Hall–Kier alpha value is -1.95. The molecule has 0 saturated carbocycles. The van der Waals surface area contributed by atoms with Gasteiger partial charge < -0.3 is 19.7 Å². The molecule has 27 heavy (non-hydrogen) atoms. The van der Waals surface area contributed by atoms with E-state index in [0.717, 1.165) is 24.3 Å². The van der Waals surface area contributed by atoms with Gasteiger partial charge in [-0.05, 0) is 49.4 Å². The number of hydrogen-bond donors (Lipinski definition) is 1. The maximum atomic E-state index is 12.1. The number of benzene rings is 2. The number of halogens is 2. The van der Waals surface area contributed by atoms with Gasteiger partial charge in [0.15, 0.2) is 11.5 Å². The molecule has 0 saturated heterocycles. The first-order valence-electron chi connectivity index (χ1n) is 8.57. The Balaban J connectivity index is 1.77. The zero-order valence-electron chi connectivity index (χ0n) is 15.7. The third kappa shape index (κ3) is 6.61. The quantitative estimate of drug-likeness (QED) is 0.660. The van der Waals surface area contributed by atoms with Crippen LogP contribution in [0, 0.1) is 0 Å². The van der Waals surface area contributed by atoms with Crippen molar-refractivity contribution in [3.05, 3.63) is 52.0 Å². The maximum Gasteiger partial charge on any atom is 0.225 e. The van der Waals surface area contributed by atoms with E-state index in [9.17, 15) is 4.79 Å². The van der Waals surface area contributed by atoms with Crippen LogP contribution >= 0.6 is 23.2 Å². The van der Waals surface area contributed by atoms with E-state index in [-0.39, 0.29) is 5.91 Å². The van der Waals surface area contributed by atoms with Crippen molar-refractivity contribution in [1.29, 1.82) is 0 Å². The average molecular weight is 411 g/mol. The number of rotatable bonds is 9. The Kier molecular flexibility index (Phi) is 8.23. The van der Waals surface area contributed by atoms with Crippen molar-refractivity contribution in [3.8, 4) is 11.5 Å². The number of ether oxygens (including phenoxy) is 2. The number of carbonyl (C=O) groups excluding carboxylic acids is 1. The van der Waals surface area contributed by atoms with E-state index >= 15 is 0 Å². The van der Waals surface area contributed by atoms with E-state index < -0.39 is 0 Å². The van der Waals surface area contributed by atoms with Gasteiger partial charge in [-0.25, -0.2) is 0 Å². The Morgan fingerprint density at radius 3 is 2.41 bits per heavy atom. The minimum atomic E-state index is -0.0636. The summed E-state index contributed by atoms with van der Waals surface area (Å²) in [5.74, 6) is 1.37. The summed E-state index contributed by atoms with van der Waals surface area (Å²) in [4.78, 5) is 14.2. The lowest BCUT2D eigenvalue weighted by atomic mass is 10.1. The number of nitrogens with zero attached hydrogens (tertiary/aromatic N) is 1. The fourth-order valence-corrected chi connectivity index (χ4v) is 2.86. The first-order valence-corrected chi connectivity index (χ1v) is 9.33. The van der Waals surface area contributed by atoms with E-state index in [1.54, 1.807) is 32.4 Å². The van der Waals surface area contributed by atoms with Crippen LogP contribution in [0.5, 0.6) is 11.5 Å². The van der Waals surface area contributed by atoms with Gasteiger partial charge in [0.05, 0.1) is 24.3 Å². The first kappa shape index (κ1) is 21.4. The van der Waals surface area contributed by atoms with E-state index in [4.69, 9.17) is 32.7 Å². The highest BCUT2D eigenvalue weighted by molar-refractivity contribution is 6.42. The van der Waals surface area contributed by atoms with Crippen LogP contribution in [0.3, 0.4) is 0 Å². The van der Waals surface area contributed by atoms with Gasteiger partial charge in [0.2, 0.25) is 5.91 Å². The number of anilines is 1. The van der Waals surface area contributed by atoms with E-state index in [0.29, 0.717) is 34.4 Å². The summed E-state index contributed by atoms with van der Waals surface area (Å²) < 4.78 is 10.6. The molecule has 0 radical (unpaired) electrons. The summed E-state index contributed by atoms with van der Waals surface area (Å²) in [7, 11) is 5.24. The molecule has 0 unspecified atom stereocenters. The summed E-state index contributed by atoms with van der Waals surface area (Å²) in [5.41, 5.74) is 1.79. The highest BCUT2D eigenvalue weighted by Crippen LogP contribution is 2.28. The van der Waals surface area contributed by atoms with Crippen LogP contribution in [0.1, 0.15) is 12.0 Å². The number of amides is 1. The fraction of sp³-hybridized carbons (Fsp3) is 0.350. The molecule has 0 bridgehead atoms. The van der Waals surface area contributed by atoms with Gasteiger partial charge in [-0.1, -0.05) is 29.3 Å². The highest BCUT2D eigenvalue weighted by Gasteiger charge is 2.08. The molecular formula is C20H24Cl2N2O3. The first-order chi connectivity index (χ1) is 12.9. The predicted octanol–water partition coefficient (Wildman–Crippen LogP) is 4.51. The lowest BCUT2D eigenvalue weighted by molar-refractivity contribution is -0.116. The molecule has 5 nitrogen and oxygen atoms in total. The van der Waals surface area contributed by atoms with E-state index in [1.165, 1.54) is 0 Å². The Bertz CT molecular complexity index is 784. The van der Waals surface area contributed by atoms with Crippen LogP contribution in [0.2, 0.25) is 10.0 Å². The number of nitrogens with one attached hydrogen (secondary N) is 1. The molecule has 1 amide bonds. The molecule has 0 aliphatic rings. The predicted molar refractivity (Wildman–Crippen MR) is 110 cm³/mol. The normalized spacial score (nSPS) is 10.7. The zero-order valence-corrected chi connectivity index (χ0v) is 17.2. The molecule has 0 aliphatic heterocycles. The molecular weight excluding hydrogens is 387 g/mol. The number of methoxy groups -OCH3 is 2. The van der Waals surface area contributed by atoms with Gasteiger partial charge in [-0.2, -0.15) is 0 Å². The fourth-order valence-electron chi connectivity index (χ4n) is 2.56. The molecule has 2 aromatic rings. The average Bonchev–Trinajstić information content (AvgIpc) is 2.67. The largest absolute Gasteiger partial charge is 0.493 e. The van der Waals surface area contributed by atoms with Crippen molar-refractivity contribution < 1.29 is 14.3 Å². The molecule has 0 spiro atoms. The van der Waals surface area contributed by atoms with Crippen molar-refractivity contribution in [3.63, 3.8) is 0 Å². The third-order valence-electron chi connectivity index (χ3n) is 4.15. The number of hydrogen-bond acceptors (Lipinski definition) is 4. The summed E-state index contributed by atoms with van der Waals surface area (Å²) in [5, 5.41) is 3.71. The van der Waals surface area contributed by atoms with Crippen LogP contribution in [0.4, 0.5) is 5.69 Å². The van der Waals surface area contributed by atoms with Crippen LogP contribution < -0.4 is 14.8 Å². The second-order valence-corrected chi connectivity index (χ2v) is 6.98. The minimum absolute atomic E-state index is 0.0636. The number of likely N-dealkylation sites (N-methyl/N-ethyl adjacent to an activating group) is 1. The summed E-state index contributed by atoms with van der Waals surface area (Å²) in [6, 6.07) is 10.9. The standard InChI is InChI=1S/C20H24Cl2N2O3/c1-24(10-8-14-4-7-18(26-2)19(12-14)27-3)11-9-20(25)23-15-5-6-16(21)17(22)13-15/h4-7,12-13H,8-11H2,1-3H3,(H,23,25). The molecule has 0 heterocycles. The molecule has 1 N–H and O–H groups in total. The number of carbonyl (C=O) groups is 1. The highest BCUT2D eigenvalue weighted by atomic mass is 35.5. The lowest BCUT2D eigenvalue weighted by Gasteiger charge is -2.17. The maximum absolute atomic E-state index is 12.1. The van der Waals surface area contributed by atoms with Crippen LogP contribution in [0.25, 0.3) is 0 Å². The minimum Gasteiger partial charge on any atom is -0.493 e. The Morgan fingerprint density at radius 1 is 1.00 bits per heavy atom. The Morgan fingerprint density at radius 2 is 1.74 bits per heavy atom. The molecule has 0 aliphatic carbocycles. The molecule has 0 aromatic heterocycles. The summed E-state index contributed by atoms with van der Waals surface area (Å²) >= 11 is 11.8. The van der Waals surface area contributed by atoms with Crippen molar-refractivity contribution in [1.82, 2.24) is 4.90 Å². The zero-order chi connectivity index (χ0) is 19.8. The third-order valence-corrected chi connectivity index (χ3v) is 4.89. The van der Waals surface area contributed by atoms with Crippen molar-refractivity contribution in [2.45, 2.75) is 12.8 Å². The van der Waals surface area contributed by atoms with Gasteiger partial charge in [0, 0.05) is 25.2 Å². The van der Waals surface area contributed by atoms with Gasteiger partial charge in [0.1, 0.15) is 0 Å². The topological polar surface area (TPSA) is 50.8 Å². The van der Waals surface area contributed by atoms with Crippen LogP contribution in [0.15, 0.2) is 36.4 Å². The van der Waals surface area contributed by atoms with Crippen molar-refractivity contribution in [2.75, 3.05) is 39.7 Å². The van der Waals surface area contributed by atoms with Crippen LogP contribution in [-0.4, -0.2) is 45.2 Å². The van der Waals surface area contributed by atoms with Crippen molar-refractivity contribution >= 4 is 34.8 Å². The molecule has 0 atom stereocenters. The SMILES string of the molecule is COc1ccc(CCN(C)CCC(=O)Nc2ccc(Cl)c(Cl)c2)cc1OC. The second kappa shape index (κ2) is 10.4. The summed E-state index contributed by atoms with van der Waals surface area (Å²) in [6.45, 7) is 1.48. The van der Waals surface area contributed by atoms with Gasteiger partial charge >= 0.3 is 0 Å². The monoisotopic (exact) mass is 410 g/mol. The van der Waals surface area contributed by atoms with Crippen LogP contribution in [-0.2, 0) is 11.2 Å². The van der Waals surface area contributed by atoms with Gasteiger partial charge in [-0.3, -0.25) is 4.79 Å². The smallest absolute Gasteiger partial charge is 0.225 e. The lowest BCUT2D eigenvalue weighted by Crippen LogP contribution is -2.26. The molecule has 2 aromatic carbocycles. The van der Waals surface area contributed by atoms with E-state index in [2.05, 4.69) is 10.2 Å². The van der Waals surface area contributed by atoms with Crippen molar-refractivity contribution in [2.24, 2.45) is 0 Å². The molecule has 2 rings (SSSR count). The molecule has 7 heteroatoms. The second-order valence-electron chi connectivity index (χ2n) is 6.17. The van der Waals surface area contributed by atoms with E-state index in [1.807, 2.05) is 25.2 Å². The summed E-state index contributed by atoms with van der Waals surface area (Å²) in [6.07, 6.45) is 1.24. The molecule has 0 fully saturated rings.